The van der Waals surface area contributed by atoms with Crippen LogP contribution in [0.2, 0.25) is 0 Å². The highest BCUT2D eigenvalue weighted by atomic mass is 16.6. The fourth-order valence-electron chi connectivity index (χ4n) is 2.82. The fourth-order valence-corrected chi connectivity index (χ4v) is 2.82. The van der Waals surface area contributed by atoms with Crippen LogP contribution in [-0.2, 0) is 19.1 Å². The molecule has 2 N–H and O–H groups in total. The monoisotopic (exact) mass is 340 g/mol. The minimum atomic E-state index is -1.08. The zero-order valence-electron chi connectivity index (χ0n) is 14.8. The number of esters is 2. The average molecular weight is 340 g/mol. The van der Waals surface area contributed by atoms with Crippen molar-refractivity contribution in [1.29, 1.82) is 0 Å². The average Bonchev–Trinajstić information content (AvgIpc) is 2.95. The highest BCUT2D eigenvalue weighted by Crippen LogP contribution is 2.41. The van der Waals surface area contributed by atoms with Crippen molar-refractivity contribution in [3.05, 3.63) is 25.3 Å². The van der Waals surface area contributed by atoms with Gasteiger partial charge in [0.05, 0.1) is 12.0 Å². The van der Waals surface area contributed by atoms with Crippen molar-refractivity contribution >= 4 is 11.9 Å². The van der Waals surface area contributed by atoms with E-state index in [2.05, 4.69) is 13.2 Å². The lowest BCUT2D eigenvalue weighted by Crippen LogP contribution is -2.36. The maximum absolute atomic E-state index is 11.4. The highest BCUT2D eigenvalue weighted by Gasteiger charge is 2.51. The minimum absolute atomic E-state index is 0.0699. The summed E-state index contributed by atoms with van der Waals surface area (Å²) in [5.74, 6) is -0.423. The molecule has 0 amide bonds. The summed E-state index contributed by atoms with van der Waals surface area (Å²) in [4.78, 5) is 22.6. The van der Waals surface area contributed by atoms with Crippen LogP contribution in [0.3, 0.4) is 0 Å². The number of rotatable bonds is 4. The Bertz CT molecular complexity index is 470. The first-order valence-electron chi connectivity index (χ1n) is 8.10. The van der Waals surface area contributed by atoms with Crippen LogP contribution in [0.25, 0.3) is 0 Å². The first-order valence-corrected chi connectivity index (χ1v) is 8.10. The molecule has 0 aliphatic carbocycles. The van der Waals surface area contributed by atoms with Gasteiger partial charge in [0.2, 0.25) is 0 Å². The largest absolute Gasteiger partial charge is 0.461 e. The Hall–Kier alpha value is -1.66. The maximum Gasteiger partial charge on any atom is 0.318 e. The molecule has 0 bridgehead atoms. The van der Waals surface area contributed by atoms with E-state index in [1.165, 1.54) is 13.0 Å². The molecule has 2 aliphatic heterocycles. The number of hydrogen-bond acceptors (Lipinski definition) is 6. The van der Waals surface area contributed by atoms with Crippen molar-refractivity contribution in [3.63, 3.8) is 0 Å². The summed E-state index contributed by atoms with van der Waals surface area (Å²) in [5, 5.41) is 18.2. The molecule has 2 saturated heterocycles. The van der Waals surface area contributed by atoms with Gasteiger partial charge >= 0.3 is 11.9 Å². The first kappa shape index (κ1) is 20.4. The minimum Gasteiger partial charge on any atom is -0.461 e. The molecule has 2 rings (SSSR count). The van der Waals surface area contributed by atoms with E-state index in [-0.39, 0.29) is 24.6 Å². The van der Waals surface area contributed by atoms with Crippen LogP contribution in [0.4, 0.5) is 0 Å². The van der Waals surface area contributed by atoms with Crippen LogP contribution in [0.1, 0.15) is 34.1 Å². The lowest BCUT2D eigenvalue weighted by molar-refractivity contribution is -0.147. The Labute approximate surface area is 143 Å². The number of carbonyl (C=O) groups is 2. The third-order valence-electron chi connectivity index (χ3n) is 5.30. The topological polar surface area (TPSA) is 93.1 Å². The van der Waals surface area contributed by atoms with Crippen molar-refractivity contribution in [1.82, 2.24) is 0 Å². The van der Waals surface area contributed by atoms with E-state index in [0.29, 0.717) is 0 Å². The van der Waals surface area contributed by atoms with Crippen molar-refractivity contribution in [2.24, 2.45) is 16.7 Å². The van der Waals surface area contributed by atoms with E-state index >= 15 is 0 Å². The lowest BCUT2D eigenvalue weighted by Gasteiger charge is -2.20. The Morgan fingerprint density at radius 3 is 1.79 bits per heavy atom. The molecule has 0 spiro atoms. The standard InChI is InChI=1S/C10H16O2.C8H12O4/c1-5-8-7(3)10(4,6-2)9(11)12-8;1-3-8(2)6(10)5(4-9)12-7(8)11/h6-8H,2,5H2,1,3-4H3;3,5-6,9-10H,1,4H2,2H3/t7-,8-,10-;5-,6-,8-/m11/s1. The van der Waals surface area contributed by atoms with Gasteiger partial charge in [-0.2, -0.15) is 0 Å². The van der Waals surface area contributed by atoms with Crippen molar-refractivity contribution < 1.29 is 29.3 Å². The van der Waals surface area contributed by atoms with Crippen LogP contribution in [0, 0.1) is 16.7 Å². The van der Waals surface area contributed by atoms with E-state index in [1.807, 2.05) is 20.8 Å². The summed E-state index contributed by atoms with van der Waals surface area (Å²) in [6, 6.07) is 0. The van der Waals surface area contributed by atoms with Gasteiger partial charge in [-0.1, -0.05) is 26.0 Å². The number of aliphatic hydroxyl groups is 2. The van der Waals surface area contributed by atoms with Crippen molar-refractivity contribution in [3.8, 4) is 0 Å². The van der Waals surface area contributed by atoms with Gasteiger partial charge < -0.3 is 19.7 Å². The molecule has 0 aromatic heterocycles. The Morgan fingerprint density at radius 1 is 1.08 bits per heavy atom. The zero-order chi connectivity index (χ0) is 18.7. The number of aliphatic hydroxyl groups excluding tert-OH is 2. The summed E-state index contributed by atoms with van der Waals surface area (Å²) in [6.45, 7) is 14.3. The van der Waals surface area contributed by atoms with E-state index in [1.54, 1.807) is 6.08 Å². The van der Waals surface area contributed by atoms with E-state index in [4.69, 9.17) is 14.6 Å². The molecule has 6 atom stereocenters. The van der Waals surface area contributed by atoms with Gasteiger partial charge in [-0.25, -0.2) is 0 Å². The molecule has 0 saturated carbocycles. The van der Waals surface area contributed by atoms with Gasteiger partial charge in [0.1, 0.15) is 17.6 Å². The van der Waals surface area contributed by atoms with Gasteiger partial charge in [-0.15, -0.1) is 13.2 Å². The maximum atomic E-state index is 11.4. The Morgan fingerprint density at radius 2 is 1.54 bits per heavy atom. The van der Waals surface area contributed by atoms with E-state index in [0.717, 1.165) is 6.42 Å². The highest BCUT2D eigenvalue weighted by molar-refractivity contribution is 5.82. The summed E-state index contributed by atoms with van der Waals surface area (Å²) < 4.78 is 9.94. The quantitative estimate of drug-likeness (QED) is 0.596. The van der Waals surface area contributed by atoms with Crippen LogP contribution in [-0.4, -0.2) is 47.1 Å². The second-order valence-corrected chi connectivity index (χ2v) is 6.69. The second-order valence-electron chi connectivity index (χ2n) is 6.69. The molecule has 2 aliphatic rings. The summed E-state index contributed by atoms with van der Waals surface area (Å²) in [7, 11) is 0. The molecule has 136 valence electrons. The fraction of sp³-hybridized carbons (Fsp3) is 0.667. The van der Waals surface area contributed by atoms with Crippen LogP contribution >= 0.6 is 0 Å². The van der Waals surface area contributed by atoms with Crippen LogP contribution in [0.15, 0.2) is 25.3 Å². The number of hydrogen-bond donors (Lipinski definition) is 2. The molecule has 6 nitrogen and oxygen atoms in total. The number of carbonyl (C=O) groups excluding carboxylic acids is 2. The zero-order valence-corrected chi connectivity index (χ0v) is 14.8. The van der Waals surface area contributed by atoms with Crippen molar-refractivity contribution in [2.75, 3.05) is 6.61 Å². The van der Waals surface area contributed by atoms with E-state index < -0.39 is 29.0 Å². The SMILES string of the molecule is C=C[C@@]1(C)C(=O)O[C@H](CC)[C@H]1C.C=C[C@@]1(C)C(=O)O[C@H](CO)[C@H]1O. The van der Waals surface area contributed by atoms with Crippen molar-refractivity contribution in [2.45, 2.75) is 52.4 Å². The molecule has 0 aromatic rings. The summed E-state index contributed by atoms with van der Waals surface area (Å²) >= 11 is 0. The summed E-state index contributed by atoms with van der Waals surface area (Å²) in [5.41, 5.74) is -1.55. The van der Waals surface area contributed by atoms with Crippen LogP contribution < -0.4 is 0 Å². The third-order valence-corrected chi connectivity index (χ3v) is 5.30. The smallest absolute Gasteiger partial charge is 0.318 e. The molecule has 0 aromatic carbocycles. The molecule has 0 unspecified atom stereocenters. The Kier molecular flexibility index (Phi) is 6.36. The van der Waals surface area contributed by atoms with Gasteiger partial charge in [0.15, 0.2) is 6.10 Å². The molecule has 0 radical (unpaired) electrons. The van der Waals surface area contributed by atoms with Gasteiger partial charge in [-0.05, 0) is 20.3 Å². The number of cyclic esters (lactones) is 2. The molecule has 24 heavy (non-hydrogen) atoms. The normalized spacial score (nSPS) is 41.1. The summed E-state index contributed by atoms with van der Waals surface area (Å²) in [6.07, 6.45) is 2.18. The van der Waals surface area contributed by atoms with Crippen LogP contribution in [0.5, 0.6) is 0 Å². The first-order chi connectivity index (χ1) is 11.1. The third kappa shape index (κ3) is 3.26. The number of ether oxygens (including phenoxy) is 2. The molecule has 2 fully saturated rings. The Balaban J connectivity index is 0.000000240. The lowest BCUT2D eigenvalue weighted by atomic mass is 9.77. The van der Waals surface area contributed by atoms with E-state index in [9.17, 15) is 14.7 Å². The van der Waals surface area contributed by atoms with Gasteiger partial charge in [0, 0.05) is 5.92 Å². The molecule has 2 heterocycles. The predicted octanol–water partition coefficient (Wildman–Crippen LogP) is 1.61. The second kappa shape index (κ2) is 7.49. The predicted molar refractivity (Wildman–Crippen MR) is 88.9 cm³/mol. The molecular formula is C18H28O6. The molecular weight excluding hydrogens is 312 g/mol. The molecule has 6 heteroatoms. The van der Waals surface area contributed by atoms with Gasteiger partial charge in [-0.3, -0.25) is 9.59 Å². The van der Waals surface area contributed by atoms with Gasteiger partial charge in [0.25, 0.3) is 0 Å².